The number of carbonyl (C=O) groups is 2. The van der Waals surface area contributed by atoms with Crippen LogP contribution in [0.15, 0.2) is 47.4 Å². The summed E-state index contributed by atoms with van der Waals surface area (Å²) >= 11 is 0. The summed E-state index contributed by atoms with van der Waals surface area (Å²) in [5.41, 5.74) is -0.557. The summed E-state index contributed by atoms with van der Waals surface area (Å²) in [6.45, 7) is 2.01. The van der Waals surface area contributed by atoms with Crippen LogP contribution < -0.4 is 10.2 Å². The molecule has 2 saturated heterocycles. The number of halogens is 3. The molecular formula is C21H22F3N4O4S+. The smallest absolute Gasteiger partial charge is 0.319 e. The summed E-state index contributed by atoms with van der Waals surface area (Å²) < 4.78 is 67.2. The number of piperazine rings is 1. The monoisotopic (exact) mass is 483 g/mol. The third kappa shape index (κ3) is 3.98. The van der Waals surface area contributed by atoms with Crippen LogP contribution in [-0.2, 0) is 20.4 Å². The zero-order valence-electron chi connectivity index (χ0n) is 17.6. The number of benzene rings is 2. The van der Waals surface area contributed by atoms with Crippen molar-refractivity contribution in [1.29, 1.82) is 0 Å². The Hall–Kier alpha value is -2.96. The maximum Gasteiger partial charge on any atom is 0.329 e. The fourth-order valence-electron chi connectivity index (χ4n) is 4.08. The molecule has 2 aromatic carbocycles. The molecule has 0 aliphatic carbocycles. The normalized spacial score (nSPS) is 22.6. The lowest BCUT2D eigenvalue weighted by molar-refractivity contribution is -0.910. The molecule has 0 radical (unpaired) electrons. The number of amides is 3. The van der Waals surface area contributed by atoms with Crippen LogP contribution in [0.2, 0.25) is 0 Å². The average Bonchev–Trinajstić information content (AvgIpc) is 3.02. The molecule has 0 aromatic heterocycles. The van der Waals surface area contributed by atoms with Crippen LogP contribution in [0.5, 0.6) is 0 Å². The largest absolute Gasteiger partial charge is 0.329 e. The highest BCUT2D eigenvalue weighted by atomic mass is 32.2. The Morgan fingerprint density at radius 2 is 1.64 bits per heavy atom. The van der Waals surface area contributed by atoms with Crippen LogP contribution in [0.4, 0.5) is 18.0 Å². The number of hydrogen-bond acceptors (Lipinski definition) is 4. The van der Waals surface area contributed by atoms with Gasteiger partial charge in [0.25, 0.3) is 5.91 Å². The van der Waals surface area contributed by atoms with Crippen molar-refractivity contribution in [3.8, 4) is 0 Å². The number of nitrogens with zero attached hydrogens (tertiary/aromatic N) is 2. The van der Waals surface area contributed by atoms with Crippen molar-refractivity contribution in [2.45, 2.75) is 17.4 Å². The molecule has 0 spiro atoms. The van der Waals surface area contributed by atoms with Crippen molar-refractivity contribution >= 4 is 22.0 Å². The first kappa shape index (κ1) is 23.2. The molecule has 2 aromatic rings. The Morgan fingerprint density at radius 1 is 1.00 bits per heavy atom. The number of rotatable bonds is 5. The Morgan fingerprint density at radius 3 is 2.27 bits per heavy atom. The molecule has 2 fully saturated rings. The molecule has 33 heavy (non-hydrogen) atoms. The molecule has 2 aliphatic heterocycles. The molecule has 176 valence electrons. The molecular weight excluding hydrogens is 461 g/mol. The molecule has 12 heteroatoms. The summed E-state index contributed by atoms with van der Waals surface area (Å²) in [5.74, 6) is -5.49. The van der Waals surface area contributed by atoms with Crippen molar-refractivity contribution in [2.24, 2.45) is 0 Å². The van der Waals surface area contributed by atoms with Crippen LogP contribution in [0, 0.1) is 17.5 Å². The summed E-state index contributed by atoms with van der Waals surface area (Å²) in [6.07, 6.45) is 0. The Labute approximate surface area is 188 Å². The predicted molar refractivity (Wildman–Crippen MR) is 110 cm³/mol. The zero-order chi connectivity index (χ0) is 24.0. The van der Waals surface area contributed by atoms with Gasteiger partial charge in [0.05, 0.1) is 26.2 Å². The maximum atomic E-state index is 14.0. The highest BCUT2D eigenvalue weighted by Crippen LogP contribution is 2.28. The summed E-state index contributed by atoms with van der Waals surface area (Å²) in [6, 6.07) is 9.54. The van der Waals surface area contributed by atoms with Gasteiger partial charge in [0.2, 0.25) is 10.0 Å². The molecule has 2 N–H and O–H groups in total. The highest BCUT2D eigenvalue weighted by molar-refractivity contribution is 7.89. The van der Waals surface area contributed by atoms with E-state index in [9.17, 15) is 31.2 Å². The van der Waals surface area contributed by atoms with E-state index in [1.165, 1.54) is 0 Å². The van der Waals surface area contributed by atoms with Crippen LogP contribution >= 0.6 is 0 Å². The molecule has 2 heterocycles. The van der Waals surface area contributed by atoms with E-state index in [1.54, 1.807) is 37.3 Å². The van der Waals surface area contributed by atoms with Crippen molar-refractivity contribution in [3.63, 3.8) is 0 Å². The van der Waals surface area contributed by atoms with Gasteiger partial charge in [0.15, 0.2) is 24.1 Å². The molecule has 0 unspecified atom stereocenters. The number of urea groups is 1. The summed E-state index contributed by atoms with van der Waals surface area (Å²) in [7, 11) is -4.38. The van der Waals surface area contributed by atoms with Gasteiger partial charge in [-0.1, -0.05) is 30.3 Å². The van der Waals surface area contributed by atoms with E-state index in [2.05, 4.69) is 5.32 Å². The van der Waals surface area contributed by atoms with Gasteiger partial charge >= 0.3 is 6.03 Å². The molecule has 0 saturated carbocycles. The zero-order valence-corrected chi connectivity index (χ0v) is 18.5. The molecule has 4 rings (SSSR count). The Balaban J connectivity index is 1.43. The second-order valence-electron chi connectivity index (χ2n) is 8.14. The quantitative estimate of drug-likeness (QED) is 0.477. The Kier molecular flexibility index (Phi) is 5.93. The molecule has 8 nitrogen and oxygen atoms in total. The van der Waals surface area contributed by atoms with Gasteiger partial charge in [0, 0.05) is 0 Å². The second-order valence-corrected chi connectivity index (χ2v) is 10.0. The fourth-order valence-corrected chi connectivity index (χ4v) is 5.58. The lowest BCUT2D eigenvalue weighted by Gasteiger charge is -2.33. The van der Waals surface area contributed by atoms with Gasteiger partial charge in [0.1, 0.15) is 10.4 Å². The van der Waals surface area contributed by atoms with E-state index in [0.29, 0.717) is 17.7 Å². The first-order valence-corrected chi connectivity index (χ1v) is 11.7. The van der Waals surface area contributed by atoms with Gasteiger partial charge in [-0.3, -0.25) is 4.79 Å². The van der Waals surface area contributed by atoms with Crippen molar-refractivity contribution < 1.29 is 36.1 Å². The van der Waals surface area contributed by atoms with Crippen molar-refractivity contribution in [1.82, 2.24) is 14.5 Å². The minimum atomic E-state index is -4.38. The lowest BCUT2D eigenvalue weighted by Crippen LogP contribution is -3.16. The third-order valence-corrected chi connectivity index (χ3v) is 7.97. The lowest BCUT2D eigenvalue weighted by atomic mass is 9.92. The van der Waals surface area contributed by atoms with E-state index in [0.717, 1.165) is 14.1 Å². The number of nitrogens with one attached hydrogen (secondary N) is 2. The topological polar surface area (TPSA) is 91.2 Å². The predicted octanol–water partition coefficient (Wildman–Crippen LogP) is 0.418. The Bertz CT molecular complexity index is 1200. The minimum absolute atomic E-state index is 0.0283. The van der Waals surface area contributed by atoms with Crippen LogP contribution in [0.1, 0.15) is 12.5 Å². The minimum Gasteiger partial charge on any atom is -0.319 e. The fraction of sp³-hybridized carbons (Fsp3) is 0.333. The van der Waals surface area contributed by atoms with Crippen LogP contribution in [0.3, 0.4) is 0 Å². The maximum absolute atomic E-state index is 14.0. The number of sulfonamides is 1. The van der Waals surface area contributed by atoms with Crippen LogP contribution in [-0.4, -0.2) is 62.4 Å². The summed E-state index contributed by atoms with van der Waals surface area (Å²) in [4.78, 5) is 26.5. The first-order valence-electron chi connectivity index (χ1n) is 10.2. The summed E-state index contributed by atoms with van der Waals surface area (Å²) in [5, 5.41) is 2.72. The molecule has 1 atom stereocenters. The second kappa shape index (κ2) is 8.43. The number of imide groups is 1. The number of quaternary nitrogens is 1. The standard InChI is InChI=1S/C21H21F3N4O4S/c1-21(14-5-3-2-4-6-14)19(29)28(20(30)25-21)13-26-9-11-27(12-10-26)33(31,32)16-8-7-15(22)17(23)18(16)24/h2-8H,9-13H2,1H3,(H,25,30)/p+1/t21-/m0/s1. The van der Waals surface area contributed by atoms with E-state index in [-0.39, 0.29) is 32.8 Å². The van der Waals surface area contributed by atoms with Gasteiger partial charge in [-0.05, 0) is 24.6 Å². The average molecular weight is 483 g/mol. The SMILES string of the molecule is C[C@@]1(c2ccccc2)NC(=O)N(C[NH+]2CCN(S(=O)(=O)c3ccc(F)c(F)c3F)CC2)C1=O. The van der Waals surface area contributed by atoms with E-state index in [1.807, 2.05) is 0 Å². The molecule has 0 bridgehead atoms. The van der Waals surface area contributed by atoms with Crippen molar-refractivity contribution in [3.05, 3.63) is 65.5 Å². The number of carbonyl (C=O) groups excluding carboxylic acids is 2. The molecule has 2 aliphatic rings. The highest BCUT2D eigenvalue weighted by Gasteiger charge is 2.50. The van der Waals surface area contributed by atoms with E-state index >= 15 is 0 Å². The van der Waals surface area contributed by atoms with E-state index in [4.69, 9.17) is 0 Å². The third-order valence-electron chi connectivity index (χ3n) is 6.05. The van der Waals surface area contributed by atoms with Crippen LogP contribution in [0.25, 0.3) is 0 Å². The van der Waals surface area contributed by atoms with Gasteiger partial charge in [-0.25, -0.2) is 31.3 Å². The van der Waals surface area contributed by atoms with Gasteiger partial charge in [-0.2, -0.15) is 4.31 Å². The number of hydrogen-bond donors (Lipinski definition) is 2. The van der Waals surface area contributed by atoms with Gasteiger partial charge in [-0.15, -0.1) is 0 Å². The molecule has 3 amide bonds. The van der Waals surface area contributed by atoms with Crippen molar-refractivity contribution in [2.75, 3.05) is 32.8 Å². The van der Waals surface area contributed by atoms with Gasteiger partial charge < -0.3 is 10.2 Å². The first-order chi connectivity index (χ1) is 15.6. The van der Waals surface area contributed by atoms with E-state index < -0.39 is 49.8 Å².